The number of nitrogens with zero attached hydrogens (tertiary/aromatic N) is 2. The maximum Gasteiger partial charge on any atom is 0.177 e. The normalized spacial score (nSPS) is 23.0. The van der Waals surface area contributed by atoms with Crippen LogP contribution in [0.25, 0.3) is 5.70 Å². The second-order valence-electron chi connectivity index (χ2n) is 6.90. The van der Waals surface area contributed by atoms with Crippen molar-refractivity contribution < 1.29 is 4.79 Å². The van der Waals surface area contributed by atoms with Crippen LogP contribution in [-0.2, 0) is 11.2 Å². The number of fused-ring (bicyclic) bond motifs is 1. The topological polar surface area (TPSA) is 33.2 Å². The summed E-state index contributed by atoms with van der Waals surface area (Å²) in [7, 11) is 0. The van der Waals surface area contributed by atoms with Crippen molar-refractivity contribution >= 4 is 11.5 Å². The molecule has 0 N–H and O–H groups in total. The summed E-state index contributed by atoms with van der Waals surface area (Å²) in [5.74, 6) is 2.69. The lowest BCUT2D eigenvalue weighted by Crippen LogP contribution is -2.56. The molecular formula is C19H20N2O. The molecular weight excluding hydrogens is 272 g/mol. The molecule has 4 rings (SSSR count). The van der Waals surface area contributed by atoms with Gasteiger partial charge in [0.1, 0.15) is 0 Å². The van der Waals surface area contributed by atoms with E-state index in [1.165, 1.54) is 32.1 Å². The first-order valence-electron chi connectivity index (χ1n) is 8.16. The van der Waals surface area contributed by atoms with Crippen LogP contribution in [0.2, 0.25) is 0 Å². The second-order valence-corrected chi connectivity index (χ2v) is 6.90. The van der Waals surface area contributed by atoms with Gasteiger partial charge in [-0.1, -0.05) is 31.2 Å². The number of hydrogen-bond acceptors (Lipinski definition) is 3. The summed E-state index contributed by atoms with van der Waals surface area (Å²) in [6.45, 7) is 2.05. The minimum absolute atomic E-state index is 0.0580. The van der Waals surface area contributed by atoms with Gasteiger partial charge >= 0.3 is 0 Å². The molecule has 0 atom stereocenters. The molecule has 22 heavy (non-hydrogen) atoms. The van der Waals surface area contributed by atoms with Gasteiger partial charge in [0, 0.05) is 31.1 Å². The predicted molar refractivity (Wildman–Crippen MR) is 85.8 cm³/mol. The largest absolute Gasteiger partial charge is 0.367 e. The van der Waals surface area contributed by atoms with Crippen molar-refractivity contribution in [1.29, 1.82) is 0 Å². The molecule has 0 bridgehead atoms. The van der Waals surface area contributed by atoms with Crippen LogP contribution in [0.1, 0.15) is 43.4 Å². The minimum Gasteiger partial charge on any atom is -0.367 e. The van der Waals surface area contributed by atoms with Crippen LogP contribution in [0.3, 0.4) is 0 Å². The molecule has 1 saturated heterocycles. The summed E-state index contributed by atoms with van der Waals surface area (Å²) in [6.07, 6.45) is 14.5. The summed E-state index contributed by atoms with van der Waals surface area (Å²) in [4.78, 5) is 19.2. The Kier molecular flexibility index (Phi) is 3.07. The van der Waals surface area contributed by atoms with Crippen LogP contribution in [0.15, 0.2) is 23.9 Å². The molecule has 3 nitrogen and oxygen atoms in total. The zero-order valence-corrected chi connectivity index (χ0v) is 12.8. The molecule has 2 fully saturated rings. The zero-order chi connectivity index (χ0) is 15.2. The van der Waals surface area contributed by atoms with E-state index in [9.17, 15) is 4.79 Å². The Morgan fingerprint density at radius 2 is 2.00 bits per heavy atom. The summed E-state index contributed by atoms with van der Waals surface area (Å²) < 4.78 is 0. The molecule has 0 unspecified atom stereocenters. The highest BCUT2D eigenvalue weighted by Gasteiger charge is 2.46. The number of carbonyl (C=O) groups excluding carboxylic acids is 1. The van der Waals surface area contributed by atoms with E-state index in [4.69, 9.17) is 6.42 Å². The summed E-state index contributed by atoms with van der Waals surface area (Å²) in [5.41, 5.74) is 3.81. The lowest BCUT2D eigenvalue weighted by atomic mass is 9.68. The fourth-order valence-electron chi connectivity index (χ4n) is 4.30. The monoisotopic (exact) mass is 292 g/mol. The number of ketones is 1. The number of rotatable bonds is 1. The number of aromatic nitrogens is 1. The van der Waals surface area contributed by atoms with Crippen LogP contribution in [-0.4, -0.2) is 28.8 Å². The molecule has 1 spiro atoms. The molecule has 1 aromatic heterocycles. The SMILES string of the molecule is C#CC1=C(N2CC3(CCCCC3)C2)c2ncccc2CC1=O. The average molecular weight is 292 g/mol. The van der Waals surface area contributed by atoms with E-state index >= 15 is 0 Å². The Morgan fingerprint density at radius 1 is 1.23 bits per heavy atom. The van der Waals surface area contributed by atoms with Crippen molar-refractivity contribution in [2.75, 3.05) is 13.1 Å². The molecule has 0 aromatic carbocycles. The lowest BCUT2D eigenvalue weighted by molar-refractivity contribution is -0.114. The van der Waals surface area contributed by atoms with Gasteiger partial charge in [0.05, 0.1) is 17.0 Å². The van der Waals surface area contributed by atoms with Gasteiger partial charge in [-0.15, -0.1) is 6.42 Å². The number of hydrogen-bond donors (Lipinski definition) is 0. The molecule has 2 aliphatic carbocycles. The summed E-state index contributed by atoms with van der Waals surface area (Å²) >= 11 is 0. The third-order valence-corrected chi connectivity index (χ3v) is 5.41. The molecule has 112 valence electrons. The van der Waals surface area contributed by atoms with Crippen molar-refractivity contribution in [2.45, 2.75) is 38.5 Å². The molecule has 1 saturated carbocycles. The van der Waals surface area contributed by atoms with Crippen molar-refractivity contribution in [3.8, 4) is 12.3 Å². The highest BCUT2D eigenvalue weighted by atomic mass is 16.1. The molecule has 3 heteroatoms. The van der Waals surface area contributed by atoms with E-state index in [0.717, 1.165) is 30.0 Å². The fourth-order valence-corrected chi connectivity index (χ4v) is 4.30. The van der Waals surface area contributed by atoms with Crippen molar-refractivity contribution in [3.63, 3.8) is 0 Å². The maximum absolute atomic E-state index is 12.4. The standard InChI is InChI=1S/C19H20N2O/c1-2-15-16(22)11-14-7-6-10-20-17(14)18(15)21-12-19(13-21)8-4-3-5-9-19/h1,6-7,10H,3-5,8-9,11-13H2. The zero-order valence-electron chi connectivity index (χ0n) is 12.8. The van der Waals surface area contributed by atoms with Gasteiger partial charge in [0.2, 0.25) is 0 Å². The van der Waals surface area contributed by atoms with Gasteiger partial charge in [0.15, 0.2) is 5.78 Å². The molecule has 1 aromatic rings. The molecule has 3 aliphatic rings. The third-order valence-electron chi connectivity index (χ3n) is 5.41. The number of terminal acetylenes is 1. The number of allylic oxidation sites excluding steroid dienone is 1. The van der Waals surface area contributed by atoms with E-state index in [2.05, 4.69) is 15.8 Å². The van der Waals surface area contributed by atoms with Crippen molar-refractivity contribution in [1.82, 2.24) is 9.88 Å². The van der Waals surface area contributed by atoms with E-state index in [1.807, 2.05) is 12.1 Å². The number of likely N-dealkylation sites (tertiary alicyclic amines) is 1. The number of Topliss-reactive ketones (excluding diaryl/α,β-unsaturated/α-hetero) is 1. The maximum atomic E-state index is 12.4. The summed E-state index contributed by atoms with van der Waals surface area (Å²) in [6, 6.07) is 3.88. The predicted octanol–water partition coefficient (Wildman–Crippen LogP) is 2.82. The first-order valence-corrected chi connectivity index (χ1v) is 8.16. The van der Waals surface area contributed by atoms with Gasteiger partial charge in [0.25, 0.3) is 0 Å². The quantitative estimate of drug-likeness (QED) is 0.746. The fraction of sp³-hybridized carbons (Fsp3) is 0.474. The van der Waals surface area contributed by atoms with Crippen LogP contribution < -0.4 is 0 Å². The van der Waals surface area contributed by atoms with E-state index in [-0.39, 0.29) is 5.78 Å². The van der Waals surface area contributed by atoms with Gasteiger partial charge in [-0.3, -0.25) is 9.78 Å². The first kappa shape index (κ1) is 13.6. The Morgan fingerprint density at radius 3 is 2.73 bits per heavy atom. The van der Waals surface area contributed by atoms with Crippen LogP contribution in [0.4, 0.5) is 0 Å². The highest BCUT2D eigenvalue weighted by Crippen LogP contribution is 2.47. The van der Waals surface area contributed by atoms with Crippen LogP contribution >= 0.6 is 0 Å². The Labute approximate surface area is 131 Å². The Hall–Kier alpha value is -2.08. The Bertz CT molecular complexity index is 696. The molecule has 1 aliphatic heterocycles. The van der Waals surface area contributed by atoms with Gasteiger partial charge in [-0.25, -0.2) is 0 Å². The van der Waals surface area contributed by atoms with E-state index in [0.29, 0.717) is 17.4 Å². The van der Waals surface area contributed by atoms with Crippen molar-refractivity contribution in [2.24, 2.45) is 5.41 Å². The lowest BCUT2D eigenvalue weighted by Gasteiger charge is -2.54. The van der Waals surface area contributed by atoms with Gasteiger partial charge < -0.3 is 4.90 Å². The highest BCUT2D eigenvalue weighted by molar-refractivity contribution is 6.09. The third kappa shape index (κ3) is 1.98. The van der Waals surface area contributed by atoms with E-state index in [1.54, 1.807) is 6.20 Å². The summed E-state index contributed by atoms with van der Waals surface area (Å²) in [5, 5.41) is 0. The number of carbonyl (C=O) groups is 1. The second kappa shape index (κ2) is 4.98. The first-order chi connectivity index (χ1) is 10.7. The van der Waals surface area contributed by atoms with Crippen LogP contribution in [0, 0.1) is 17.8 Å². The van der Waals surface area contributed by atoms with E-state index < -0.39 is 0 Å². The van der Waals surface area contributed by atoms with Gasteiger partial charge in [-0.05, 0) is 24.5 Å². The van der Waals surface area contributed by atoms with Gasteiger partial charge in [-0.2, -0.15) is 0 Å². The average Bonchev–Trinajstić information content (AvgIpc) is 2.52. The van der Waals surface area contributed by atoms with Crippen LogP contribution in [0.5, 0.6) is 0 Å². The van der Waals surface area contributed by atoms with Crippen molar-refractivity contribution in [3.05, 3.63) is 35.2 Å². The molecule has 0 amide bonds. The minimum atomic E-state index is 0.0580. The number of pyridine rings is 1. The smallest absolute Gasteiger partial charge is 0.177 e. The molecule has 0 radical (unpaired) electrons. The molecule has 2 heterocycles. The Balaban J connectivity index is 1.70.